The van der Waals surface area contributed by atoms with Gasteiger partial charge in [-0.3, -0.25) is 14.4 Å². The fraction of sp³-hybridized carbons (Fsp3) is 0.412. The average Bonchev–Trinajstić information content (AvgIpc) is 3.66. The Labute approximate surface area is 268 Å². The highest BCUT2D eigenvalue weighted by Crippen LogP contribution is 2.21. The van der Waals surface area contributed by atoms with E-state index in [1.54, 1.807) is 19.3 Å². The zero-order valence-electron chi connectivity index (χ0n) is 26.3. The molecule has 4 aromatic rings. The van der Waals surface area contributed by atoms with Gasteiger partial charge in [-0.1, -0.05) is 63.1 Å². The van der Waals surface area contributed by atoms with Crippen molar-refractivity contribution in [2.75, 3.05) is 6.54 Å². The van der Waals surface area contributed by atoms with Gasteiger partial charge in [0, 0.05) is 47.0 Å². The Balaban J connectivity index is 1.63. The number of hydrogen-bond donors (Lipinski definition) is 8. The number of fused-ring (bicyclic) bond motifs is 2. The van der Waals surface area contributed by atoms with E-state index in [2.05, 4.69) is 25.9 Å². The second kappa shape index (κ2) is 16.1. The van der Waals surface area contributed by atoms with Gasteiger partial charge in [0.05, 0.1) is 6.04 Å². The standard InChI is InChI=1S/C34H45N7O5/c1-3-20(2)30(34(45)46)41-33(44)29(17-22-19-38-27-14-7-5-11-24(22)27)40-32(43)28(39-31(42)25(36)12-8-9-15-35)16-21-18-37-26-13-6-4-10-23(21)26/h4-7,10-11,13-14,18-20,25,28-30,37-38H,3,8-9,12,15-17,35-36H2,1-2H3,(H,39,42)(H,40,43)(H,41,44)(H,45,46). The molecule has 4 rings (SSSR count). The SMILES string of the molecule is CCC(C)C(NC(=O)C(Cc1c[nH]c2ccccc12)NC(=O)C(Cc1c[nH]c2ccccc12)NC(=O)C(N)CCCCN)C(=O)O. The highest BCUT2D eigenvalue weighted by molar-refractivity contribution is 5.95. The summed E-state index contributed by atoms with van der Waals surface area (Å²) in [4.78, 5) is 59.4. The van der Waals surface area contributed by atoms with E-state index in [0.717, 1.165) is 39.4 Å². The predicted octanol–water partition coefficient (Wildman–Crippen LogP) is 2.48. The lowest BCUT2D eigenvalue weighted by Crippen LogP contribution is -2.58. The van der Waals surface area contributed by atoms with Crippen LogP contribution in [0.2, 0.25) is 0 Å². The minimum absolute atomic E-state index is 0.0841. The molecule has 12 heteroatoms. The second-order valence-electron chi connectivity index (χ2n) is 11.9. The van der Waals surface area contributed by atoms with Crippen LogP contribution in [0.25, 0.3) is 21.8 Å². The fourth-order valence-corrected chi connectivity index (χ4v) is 5.59. The van der Waals surface area contributed by atoms with Crippen LogP contribution in [-0.2, 0) is 32.0 Å². The lowest BCUT2D eigenvalue weighted by atomic mass is 9.97. The molecule has 0 spiro atoms. The van der Waals surface area contributed by atoms with E-state index in [9.17, 15) is 24.3 Å². The molecule has 2 aromatic carbocycles. The summed E-state index contributed by atoms with van der Waals surface area (Å²) in [5, 5.41) is 19.9. The molecule has 2 aromatic heterocycles. The molecule has 0 fully saturated rings. The summed E-state index contributed by atoms with van der Waals surface area (Å²) in [7, 11) is 0. The van der Waals surface area contributed by atoms with Gasteiger partial charge in [-0.25, -0.2) is 4.79 Å². The van der Waals surface area contributed by atoms with Gasteiger partial charge < -0.3 is 42.5 Å². The maximum Gasteiger partial charge on any atom is 0.326 e. The van der Waals surface area contributed by atoms with Gasteiger partial charge in [-0.15, -0.1) is 0 Å². The Morgan fingerprint density at radius 2 is 1.28 bits per heavy atom. The van der Waals surface area contributed by atoms with E-state index in [1.807, 2.05) is 55.5 Å². The Morgan fingerprint density at radius 3 is 1.78 bits per heavy atom. The van der Waals surface area contributed by atoms with E-state index in [1.165, 1.54) is 0 Å². The van der Waals surface area contributed by atoms with Crippen molar-refractivity contribution in [2.45, 2.75) is 76.5 Å². The number of carboxylic acids is 1. The summed E-state index contributed by atoms with van der Waals surface area (Å²) in [6.45, 7) is 4.08. The number of aliphatic carboxylic acids is 1. The largest absolute Gasteiger partial charge is 0.480 e. The summed E-state index contributed by atoms with van der Waals surface area (Å²) in [6.07, 6.45) is 6.09. The van der Waals surface area contributed by atoms with Crippen LogP contribution in [-0.4, -0.2) is 69.5 Å². The normalized spacial score (nSPS) is 14.7. The van der Waals surface area contributed by atoms with Crippen molar-refractivity contribution in [3.05, 3.63) is 72.1 Å². The lowest BCUT2D eigenvalue weighted by molar-refractivity contribution is -0.143. The van der Waals surface area contributed by atoms with Crippen LogP contribution in [0.15, 0.2) is 60.9 Å². The molecule has 0 aliphatic rings. The molecular formula is C34H45N7O5. The minimum Gasteiger partial charge on any atom is -0.480 e. The van der Waals surface area contributed by atoms with E-state index in [-0.39, 0.29) is 18.8 Å². The third-order valence-electron chi connectivity index (χ3n) is 8.55. The predicted molar refractivity (Wildman–Crippen MR) is 178 cm³/mol. The number of H-pyrrole nitrogens is 2. The van der Waals surface area contributed by atoms with E-state index >= 15 is 0 Å². The van der Waals surface area contributed by atoms with Gasteiger partial charge in [0.2, 0.25) is 17.7 Å². The molecule has 5 unspecified atom stereocenters. The van der Waals surface area contributed by atoms with E-state index in [0.29, 0.717) is 25.8 Å². The number of unbranched alkanes of at least 4 members (excludes halogenated alkanes) is 1. The van der Waals surface area contributed by atoms with E-state index < -0.39 is 47.9 Å². The van der Waals surface area contributed by atoms with Gasteiger partial charge >= 0.3 is 5.97 Å². The van der Waals surface area contributed by atoms with Crippen molar-refractivity contribution in [2.24, 2.45) is 17.4 Å². The van der Waals surface area contributed by atoms with Crippen LogP contribution < -0.4 is 27.4 Å². The van der Waals surface area contributed by atoms with Gasteiger partial charge in [-0.2, -0.15) is 0 Å². The summed E-state index contributed by atoms with van der Waals surface area (Å²) >= 11 is 0. The summed E-state index contributed by atoms with van der Waals surface area (Å²) in [5.41, 5.74) is 15.1. The zero-order valence-corrected chi connectivity index (χ0v) is 26.3. The van der Waals surface area contributed by atoms with Crippen LogP contribution in [0.1, 0.15) is 50.7 Å². The number of nitrogens with two attached hydrogens (primary N) is 2. The monoisotopic (exact) mass is 631 g/mol. The average molecular weight is 632 g/mol. The molecule has 0 radical (unpaired) electrons. The molecule has 12 nitrogen and oxygen atoms in total. The summed E-state index contributed by atoms with van der Waals surface area (Å²) in [5.74, 6) is -3.23. The number of carbonyl (C=O) groups excluding carboxylic acids is 3. The number of carboxylic acid groups (broad SMARTS) is 1. The third kappa shape index (κ3) is 8.52. The number of nitrogens with one attached hydrogen (secondary N) is 5. The number of rotatable bonds is 17. The number of carbonyl (C=O) groups is 4. The number of hydrogen-bond acceptors (Lipinski definition) is 6. The first-order valence-electron chi connectivity index (χ1n) is 15.8. The topological polar surface area (TPSA) is 208 Å². The molecule has 0 saturated heterocycles. The van der Waals surface area contributed by atoms with Crippen molar-refractivity contribution in [3.63, 3.8) is 0 Å². The number of aromatic amines is 2. The maximum atomic E-state index is 14.0. The first-order valence-corrected chi connectivity index (χ1v) is 15.8. The molecule has 2 heterocycles. The maximum absolute atomic E-state index is 14.0. The van der Waals surface area contributed by atoms with Crippen LogP contribution in [0, 0.1) is 5.92 Å². The smallest absolute Gasteiger partial charge is 0.326 e. The van der Waals surface area contributed by atoms with Gasteiger partial charge in [0.15, 0.2) is 0 Å². The molecule has 10 N–H and O–H groups in total. The first kappa shape index (κ1) is 34.2. The summed E-state index contributed by atoms with van der Waals surface area (Å²) in [6, 6.07) is 11.0. The molecule has 0 saturated carbocycles. The third-order valence-corrected chi connectivity index (χ3v) is 8.55. The van der Waals surface area contributed by atoms with Crippen LogP contribution in [0.5, 0.6) is 0 Å². The number of benzene rings is 2. The Hall–Kier alpha value is -4.68. The summed E-state index contributed by atoms with van der Waals surface area (Å²) < 4.78 is 0. The number of para-hydroxylation sites is 2. The van der Waals surface area contributed by atoms with Crippen molar-refractivity contribution in [1.29, 1.82) is 0 Å². The van der Waals surface area contributed by atoms with Crippen LogP contribution >= 0.6 is 0 Å². The van der Waals surface area contributed by atoms with Crippen molar-refractivity contribution >= 4 is 45.5 Å². The number of amides is 3. The van der Waals surface area contributed by atoms with Gasteiger partial charge in [0.25, 0.3) is 0 Å². The van der Waals surface area contributed by atoms with Crippen molar-refractivity contribution in [3.8, 4) is 0 Å². The Morgan fingerprint density at radius 1 is 0.783 bits per heavy atom. The highest BCUT2D eigenvalue weighted by atomic mass is 16.4. The highest BCUT2D eigenvalue weighted by Gasteiger charge is 2.33. The van der Waals surface area contributed by atoms with Crippen molar-refractivity contribution in [1.82, 2.24) is 25.9 Å². The van der Waals surface area contributed by atoms with Gasteiger partial charge in [-0.05, 0) is 48.6 Å². The fourth-order valence-electron chi connectivity index (χ4n) is 5.59. The molecule has 0 bridgehead atoms. The molecule has 5 atom stereocenters. The zero-order chi connectivity index (χ0) is 33.2. The quantitative estimate of drug-likeness (QED) is 0.0816. The Kier molecular flexibility index (Phi) is 11.9. The first-order chi connectivity index (χ1) is 22.1. The van der Waals surface area contributed by atoms with Crippen LogP contribution in [0.4, 0.5) is 0 Å². The van der Waals surface area contributed by atoms with Gasteiger partial charge in [0.1, 0.15) is 18.1 Å². The molecule has 46 heavy (non-hydrogen) atoms. The molecule has 0 aliphatic carbocycles. The lowest BCUT2D eigenvalue weighted by Gasteiger charge is -2.26. The second-order valence-corrected chi connectivity index (χ2v) is 11.9. The van der Waals surface area contributed by atoms with Crippen LogP contribution in [0.3, 0.4) is 0 Å². The minimum atomic E-state index is -1.16. The number of aromatic nitrogens is 2. The molecule has 3 amide bonds. The molecular weight excluding hydrogens is 586 g/mol. The Bertz CT molecular complexity index is 1650. The molecule has 246 valence electrons. The van der Waals surface area contributed by atoms with Crippen molar-refractivity contribution < 1.29 is 24.3 Å². The molecule has 0 aliphatic heterocycles. The van der Waals surface area contributed by atoms with E-state index in [4.69, 9.17) is 11.5 Å².